The number of halogens is 3. The van der Waals surface area contributed by atoms with Gasteiger partial charge < -0.3 is 19.9 Å². The van der Waals surface area contributed by atoms with Crippen LogP contribution in [-0.4, -0.2) is 54.9 Å². The number of amides is 1. The average Bonchev–Trinajstić information content (AvgIpc) is 2.76. The molecule has 0 spiro atoms. The van der Waals surface area contributed by atoms with Crippen LogP contribution < -0.4 is 15.0 Å². The smallest absolute Gasteiger partial charge is 0.405 e. The molecule has 0 atom stereocenters. The van der Waals surface area contributed by atoms with Crippen molar-refractivity contribution in [3.8, 4) is 5.75 Å². The largest absolute Gasteiger partial charge is 0.573 e. The second-order valence-corrected chi connectivity index (χ2v) is 7.08. The van der Waals surface area contributed by atoms with Crippen molar-refractivity contribution < 1.29 is 22.7 Å². The lowest BCUT2D eigenvalue weighted by molar-refractivity contribution is -0.274. The molecular formula is C22H25F3N4O2. The zero-order valence-corrected chi connectivity index (χ0v) is 17.2. The summed E-state index contributed by atoms with van der Waals surface area (Å²) in [6.07, 6.45) is -0.617. The van der Waals surface area contributed by atoms with Crippen LogP contribution in [0.1, 0.15) is 18.1 Å². The van der Waals surface area contributed by atoms with Gasteiger partial charge in [-0.1, -0.05) is 31.2 Å². The van der Waals surface area contributed by atoms with E-state index in [1.165, 1.54) is 30.4 Å². The third-order valence-corrected chi connectivity index (χ3v) is 4.98. The molecule has 1 aromatic heterocycles. The summed E-state index contributed by atoms with van der Waals surface area (Å²) in [5.74, 6) is 0.118. The number of aromatic nitrogens is 1. The number of anilines is 1. The van der Waals surface area contributed by atoms with Gasteiger partial charge in [0.05, 0.1) is 0 Å². The molecule has 1 aromatic carbocycles. The average molecular weight is 434 g/mol. The standard InChI is InChI=1S/C22H25F3N4O2/c1-2-28-11-13-29(14-12-28)20-9-7-17(15-26-20)16-27-21(30)10-8-18-5-3-4-6-19(18)31-22(23,24)25/h3-10,15H,2,11-14,16H2,1H3,(H,27,30). The van der Waals surface area contributed by atoms with Gasteiger partial charge in [0.15, 0.2) is 0 Å². The molecule has 2 aromatic rings. The Morgan fingerprint density at radius 1 is 1.16 bits per heavy atom. The zero-order chi connectivity index (χ0) is 22.3. The number of ether oxygens (including phenoxy) is 1. The molecule has 1 aliphatic rings. The maximum atomic E-state index is 12.5. The first-order chi connectivity index (χ1) is 14.8. The first-order valence-corrected chi connectivity index (χ1v) is 10.1. The minimum Gasteiger partial charge on any atom is -0.405 e. The number of piperazine rings is 1. The molecule has 2 heterocycles. The molecule has 1 amide bonds. The molecule has 3 rings (SSSR count). The molecule has 31 heavy (non-hydrogen) atoms. The lowest BCUT2D eigenvalue weighted by Gasteiger charge is -2.34. The molecule has 1 N–H and O–H groups in total. The van der Waals surface area contributed by atoms with Crippen molar-refractivity contribution in [1.82, 2.24) is 15.2 Å². The number of hydrogen-bond acceptors (Lipinski definition) is 5. The van der Waals surface area contributed by atoms with Crippen molar-refractivity contribution in [2.75, 3.05) is 37.6 Å². The third-order valence-electron chi connectivity index (χ3n) is 4.98. The Bertz CT molecular complexity index is 892. The number of carbonyl (C=O) groups excluding carboxylic acids is 1. The number of alkyl halides is 3. The molecule has 1 saturated heterocycles. The van der Waals surface area contributed by atoms with E-state index in [1.807, 2.05) is 12.1 Å². The van der Waals surface area contributed by atoms with Crippen molar-refractivity contribution in [2.45, 2.75) is 19.8 Å². The van der Waals surface area contributed by atoms with Crippen LogP contribution in [0.2, 0.25) is 0 Å². The van der Waals surface area contributed by atoms with Gasteiger partial charge in [-0.2, -0.15) is 0 Å². The Labute approximate surface area is 179 Å². The summed E-state index contributed by atoms with van der Waals surface area (Å²) >= 11 is 0. The Balaban J connectivity index is 1.51. The summed E-state index contributed by atoms with van der Waals surface area (Å²) in [6.45, 7) is 7.36. The number of likely N-dealkylation sites (N-methyl/N-ethyl adjacent to an activating group) is 1. The molecule has 1 aliphatic heterocycles. The molecule has 0 aliphatic carbocycles. The van der Waals surface area contributed by atoms with Gasteiger partial charge in [-0.15, -0.1) is 13.2 Å². The van der Waals surface area contributed by atoms with E-state index in [4.69, 9.17) is 0 Å². The van der Waals surface area contributed by atoms with E-state index in [-0.39, 0.29) is 17.9 Å². The minimum absolute atomic E-state index is 0.157. The van der Waals surface area contributed by atoms with Gasteiger partial charge in [0.1, 0.15) is 11.6 Å². The Morgan fingerprint density at radius 2 is 1.90 bits per heavy atom. The van der Waals surface area contributed by atoms with Crippen LogP contribution in [0.5, 0.6) is 5.75 Å². The molecule has 1 fully saturated rings. The second-order valence-electron chi connectivity index (χ2n) is 7.08. The molecule has 0 unspecified atom stereocenters. The van der Waals surface area contributed by atoms with Crippen LogP contribution in [0.4, 0.5) is 19.0 Å². The summed E-state index contributed by atoms with van der Waals surface area (Å²) in [7, 11) is 0. The van der Waals surface area contributed by atoms with E-state index in [0.717, 1.165) is 44.1 Å². The van der Waals surface area contributed by atoms with E-state index in [0.29, 0.717) is 0 Å². The van der Waals surface area contributed by atoms with Gasteiger partial charge >= 0.3 is 6.36 Å². The van der Waals surface area contributed by atoms with E-state index < -0.39 is 12.3 Å². The van der Waals surface area contributed by atoms with Crippen molar-refractivity contribution in [2.24, 2.45) is 0 Å². The van der Waals surface area contributed by atoms with Gasteiger partial charge in [0.25, 0.3) is 0 Å². The molecule has 9 heteroatoms. The summed E-state index contributed by atoms with van der Waals surface area (Å²) in [6, 6.07) is 9.47. The van der Waals surface area contributed by atoms with Crippen molar-refractivity contribution in [1.29, 1.82) is 0 Å². The SMILES string of the molecule is CCN1CCN(c2ccc(CNC(=O)C=Cc3ccccc3OC(F)(F)F)cn2)CC1. The van der Waals surface area contributed by atoms with Crippen molar-refractivity contribution in [3.05, 3.63) is 59.8 Å². The molecule has 166 valence electrons. The number of nitrogens with one attached hydrogen (secondary N) is 1. The normalized spacial score (nSPS) is 15.3. The zero-order valence-electron chi connectivity index (χ0n) is 17.2. The van der Waals surface area contributed by atoms with Gasteiger partial charge in [-0.25, -0.2) is 4.98 Å². The van der Waals surface area contributed by atoms with Gasteiger partial charge in [0, 0.05) is 50.6 Å². The number of benzene rings is 1. The molecule has 0 radical (unpaired) electrons. The summed E-state index contributed by atoms with van der Waals surface area (Å²) in [4.78, 5) is 21.2. The van der Waals surface area contributed by atoms with Crippen LogP contribution in [0.25, 0.3) is 6.08 Å². The highest BCUT2D eigenvalue weighted by molar-refractivity contribution is 5.92. The quantitative estimate of drug-likeness (QED) is 0.677. The topological polar surface area (TPSA) is 57.7 Å². The van der Waals surface area contributed by atoms with Crippen LogP contribution in [0.3, 0.4) is 0 Å². The van der Waals surface area contributed by atoms with E-state index in [9.17, 15) is 18.0 Å². The summed E-state index contributed by atoms with van der Waals surface area (Å²) < 4.78 is 41.4. The maximum Gasteiger partial charge on any atom is 0.573 e. The summed E-state index contributed by atoms with van der Waals surface area (Å²) in [5, 5.41) is 2.70. The van der Waals surface area contributed by atoms with E-state index >= 15 is 0 Å². The van der Waals surface area contributed by atoms with Crippen molar-refractivity contribution in [3.63, 3.8) is 0 Å². The van der Waals surface area contributed by atoms with E-state index in [1.54, 1.807) is 12.3 Å². The van der Waals surface area contributed by atoms with E-state index in [2.05, 4.69) is 31.8 Å². The Kier molecular flexibility index (Phi) is 7.51. The Morgan fingerprint density at radius 3 is 2.55 bits per heavy atom. The van der Waals surface area contributed by atoms with Crippen LogP contribution in [0, 0.1) is 0 Å². The maximum absolute atomic E-state index is 12.5. The monoisotopic (exact) mass is 434 g/mol. The van der Waals surface area contributed by atoms with Crippen LogP contribution >= 0.6 is 0 Å². The number of nitrogens with zero attached hydrogens (tertiary/aromatic N) is 3. The number of pyridine rings is 1. The van der Waals surface area contributed by atoms with Crippen LogP contribution in [0.15, 0.2) is 48.7 Å². The number of hydrogen-bond donors (Lipinski definition) is 1. The Hall–Kier alpha value is -3.07. The van der Waals surface area contributed by atoms with Gasteiger partial charge in [0.2, 0.25) is 5.91 Å². The fraction of sp³-hybridized carbons (Fsp3) is 0.364. The molecule has 6 nitrogen and oxygen atoms in total. The number of rotatable bonds is 7. The minimum atomic E-state index is -4.80. The molecule has 0 bridgehead atoms. The van der Waals surface area contributed by atoms with Crippen molar-refractivity contribution >= 4 is 17.8 Å². The highest BCUT2D eigenvalue weighted by Crippen LogP contribution is 2.27. The molecular weight excluding hydrogens is 409 g/mol. The summed E-state index contributed by atoms with van der Waals surface area (Å²) in [5.41, 5.74) is 0.989. The highest BCUT2D eigenvalue weighted by Gasteiger charge is 2.31. The third kappa shape index (κ3) is 6.99. The first-order valence-electron chi connectivity index (χ1n) is 10.1. The highest BCUT2D eigenvalue weighted by atomic mass is 19.4. The lowest BCUT2D eigenvalue weighted by atomic mass is 10.2. The predicted octanol–water partition coefficient (Wildman–Crippen LogP) is 3.45. The van der Waals surface area contributed by atoms with Gasteiger partial charge in [-0.3, -0.25) is 4.79 Å². The van der Waals surface area contributed by atoms with Gasteiger partial charge in [-0.05, 0) is 30.3 Å². The molecule has 0 saturated carbocycles. The number of para-hydroxylation sites is 1. The van der Waals surface area contributed by atoms with Crippen LogP contribution in [-0.2, 0) is 11.3 Å². The fourth-order valence-corrected chi connectivity index (χ4v) is 3.25. The lowest BCUT2D eigenvalue weighted by Crippen LogP contribution is -2.46. The first kappa shape index (κ1) is 22.6. The number of carbonyl (C=O) groups is 1. The second kappa shape index (κ2) is 10.3. The predicted molar refractivity (Wildman–Crippen MR) is 113 cm³/mol. The fourth-order valence-electron chi connectivity index (χ4n) is 3.25.